The van der Waals surface area contributed by atoms with Gasteiger partial charge in [-0.25, -0.2) is 9.89 Å². The van der Waals surface area contributed by atoms with Gasteiger partial charge in [-0.3, -0.25) is 4.90 Å². The van der Waals surface area contributed by atoms with Crippen molar-refractivity contribution >= 4 is 5.52 Å². The van der Waals surface area contributed by atoms with Gasteiger partial charge in [-0.1, -0.05) is 30.7 Å². The van der Waals surface area contributed by atoms with Gasteiger partial charge in [-0.15, -0.1) is 0 Å². The lowest BCUT2D eigenvalue weighted by atomic mass is 9.99. The predicted molar refractivity (Wildman–Crippen MR) is 97.6 cm³/mol. The van der Waals surface area contributed by atoms with Crippen LogP contribution in [0, 0.1) is 6.92 Å². The number of nitrogens with one attached hydrogen (secondary N) is 1. The van der Waals surface area contributed by atoms with Crippen molar-refractivity contribution in [1.82, 2.24) is 24.7 Å². The zero-order chi connectivity index (χ0) is 17.4. The summed E-state index contributed by atoms with van der Waals surface area (Å²) in [6.07, 6.45) is 5.60. The SMILES string of the molecule is Cc1nn2c(=O)[nH]ncc2c1-c1ccc([C@H](C)N2CCCCC2)cc1. The van der Waals surface area contributed by atoms with Gasteiger partial charge >= 0.3 is 5.69 Å². The number of hydrogen-bond donors (Lipinski definition) is 1. The smallest absolute Gasteiger partial charge is 0.297 e. The summed E-state index contributed by atoms with van der Waals surface area (Å²) < 4.78 is 1.38. The Bertz CT molecular complexity index is 935. The van der Waals surface area contributed by atoms with Gasteiger partial charge in [0.15, 0.2) is 0 Å². The van der Waals surface area contributed by atoms with E-state index in [2.05, 4.69) is 51.4 Å². The second-order valence-electron chi connectivity index (χ2n) is 6.83. The molecule has 1 aliphatic heterocycles. The highest BCUT2D eigenvalue weighted by Crippen LogP contribution is 2.30. The summed E-state index contributed by atoms with van der Waals surface area (Å²) in [4.78, 5) is 14.4. The van der Waals surface area contributed by atoms with Gasteiger partial charge < -0.3 is 0 Å². The third-order valence-corrected chi connectivity index (χ3v) is 5.26. The molecular weight excluding hydrogens is 314 g/mol. The average Bonchev–Trinajstić information content (AvgIpc) is 2.99. The number of hydrogen-bond acceptors (Lipinski definition) is 4. The maximum atomic E-state index is 11.9. The van der Waals surface area contributed by atoms with E-state index in [0.29, 0.717) is 6.04 Å². The number of rotatable bonds is 3. The van der Waals surface area contributed by atoms with Crippen LogP contribution >= 0.6 is 0 Å². The molecule has 0 unspecified atom stereocenters. The number of piperidine rings is 1. The molecule has 1 N–H and O–H groups in total. The number of aromatic amines is 1. The van der Waals surface area contributed by atoms with Crippen molar-refractivity contribution in [3.8, 4) is 11.1 Å². The summed E-state index contributed by atoms with van der Waals surface area (Å²) in [6.45, 7) is 6.57. The van der Waals surface area contributed by atoms with E-state index in [1.165, 1.54) is 42.4 Å². The molecule has 0 bridgehead atoms. The minimum atomic E-state index is -0.317. The lowest BCUT2D eigenvalue weighted by Crippen LogP contribution is -2.32. The zero-order valence-electron chi connectivity index (χ0n) is 14.7. The molecule has 1 atom stereocenters. The van der Waals surface area contributed by atoms with Crippen molar-refractivity contribution in [3.05, 3.63) is 52.2 Å². The highest BCUT2D eigenvalue weighted by atomic mass is 16.1. The van der Waals surface area contributed by atoms with E-state index in [1.807, 2.05) is 6.92 Å². The molecule has 1 aliphatic rings. The topological polar surface area (TPSA) is 66.3 Å². The van der Waals surface area contributed by atoms with Crippen molar-refractivity contribution in [2.75, 3.05) is 13.1 Å². The van der Waals surface area contributed by atoms with Crippen LogP contribution in [0.25, 0.3) is 16.6 Å². The van der Waals surface area contributed by atoms with Crippen LogP contribution in [0.2, 0.25) is 0 Å². The van der Waals surface area contributed by atoms with Crippen molar-refractivity contribution in [2.24, 2.45) is 0 Å². The minimum absolute atomic E-state index is 0.317. The molecule has 1 saturated heterocycles. The third kappa shape index (κ3) is 2.87. The van der Waals surface area contributed by atoms with Gasteiger partial charge in [-0.05, 0) is 50.9 Å². The standard InChI is InChI=1S/C19H23N5O/c1-13-18(17-12-20-21-19(25)24(17)22-13)16-8-6-15(7-9-16)14(2)23-10-4-3-5-11-23/h6-9,12,14H,3-5,10-11H2,1-2H3,(H,21,25)/t14-/m0/s1. The molecule has 6 nitrogen and oxygen atoms in total. The fraction of sp³-hybridized carbons (Fsp3) is 0.421. The monoisotopic (exact) mass is 337 g/mol. The molecule has 2 aromatic heterocycles. The minimum Gasteiger partial charge on any atom is -0.297 e. The lowest BCUT2D eigenvalue weighted by molar-refractivity contribution is 0.175. The molecule has 3 heterocycles. The van der Waals surface area contributed by atoms with Gasteiger partial charge in [0.2, 0.25) is 0 Å². The highest BCUT2D eigenvalue weighted by Gasteiger charge is 2.19. The number of benzene rings is 1. The Labute approximate surface area is 146 Å². The molecule has 0 amide bonds. The van der Waals surface area contributed by atoms with E-state index in [1.54, 1.807) is 6.20 Å². The molecule has 0 aliphatic carbocycles. The maximum absolute atomic E-state index is 11.9. The van der Waals surface area contributed by atoms with Crippen LogP contribution in [0.4, 0.5) is 0 Å². The summed E-state index contributed by atoms with van der Waals surface area (Å²) in [7, 11) is 0. The van der Waals surface area contributed by atoms with Crippen LogP contribution in [0.3, 0.4) is 0 Å². The van der Waals surface area contributed by atoms with Gasteiger partial charge in [0.1, 0.15) is 5.52 Å². The van der Waals surface area contributed by atoms with Crippen LogP contribution in [0.5, 0.6) is 0 Å². The van der Waals surface area contributed by atoms with Crippen molar-refractivity contribution < 1.29 is 0 Å². The average molecular weight is 337 g/mol. The van der Waals surface area contributed by atoms with Gasteiger partial charge in [0.05, 0.1) is 11.9 Å². The van der Waals surface area contributed by atoms with Gasteiger partial charge in [0.25, 0.3) is 0 Å². The van der Waals surface area contributed by atoms with Crippen LogP contribution < -0.4 is 5.69 Å². The molecular formula is C19H23N5O. The third-order valence-electron chi connectivity index (χ3n) is 5.26. The summed E-state index contributed by atoms with van der Waals surface area (Å²) in [5, 5.41) is 10.7. The Morgan fingerprint density at radius 1 is 1.12 bits per heavy atom. The quantitative estimate of drug-likeness (QED) is 0.798. The Morgan fingerprint density at radius 3 is 2.56 bits per heavy atom. The molecule has 130 valence electrons. The summed E-state index contributed by atoms with van der Waals surface area (Å²) >= 11 is 0. The number of likely N-dealkylation sites (tertiary alicyclic amines) is 1. The van der Waals surface area contributed by atoms with E-state index < -0.39 is 0 Å². The van der Waals surface area contributed by atoms with E-state index in [4.69, 9.17) is 0 Å². The maximum Gasteiger partial charge on any atom is 0.363 e. The molecule has 1 fully saturated rings. The number of fused-ring (bicyclic) bond motifs is 1. The largest absolute Gasteiger partial charge is 0.363 e. The van der Waals surface area contributed by atoms with Gasteiger partial charge in [0, 0.05) is 11.6 Å². The second-order valence-corrected chi connectivity index (χ2v) is 6.83. The first-order valence-corrected chi connectivity index (χ1v) is 8.92. The number of aryl methyl sites for hydroxylation is 1. The number of nitrogens with zero attached hydrogens (tertiary/aromatic N) is 4. The number of aromatic nitrogens is 4. The van der Waals surface area contributed by atoms with Gasteiger partial charge in [-0.2, -0.15) is 14.7 Å². The summed E-state index contributed by atoms with van der Waals surface area (Å²) in [6, 6.07) is 9.07. The highest BCUT2D eigenvalue weighted by molar-refractivity contribution is 5.81. The molecule has 0 saturated carbocycles. The van der Waals surface area contributed by atoms with Crippen molar-refractivity contribution in [2.45, 2.75) is 39.2 Å². The molecule has 0 radical (unpaired) electrons. The Hall–Kier alpha value is -2.47. The lowest BCUT2D eigenvalue weighted by Gasteiger charge is -2.32. The van der Waals surface area contributed by atoms with E-state index in [9.17, 15) is 4.79 Å². The molecule has 0 spiro atoms. The Balaban J connectivity index is 1.68. The molecule has 3 aromatic rings. The number of H-pyrrole nitrogens is 1. The first-order chi connectivity index (χ1) is 12.1. The fourth-order valence-electron chi connectivity index (χ4n) is 3.82. The fourth-order valence-corrected chi connectivity index (χ4v) is 3.82. The zero-order valence-corrected chi connectivity index (χ0v) is 14.7. The summed E-state index contributed by atoms with van der Waals surface area (Å²) in [5.74, 6) is 0. The normalized spacial score (nSPS) is 17.0. The first-order valence-electron chi connectivity index (χ1n) is 8.92. The van der Waals surface area contributed by atoms with E-state index in [0.717, 1.165) is 22.3 Å². The molecule has 1 aromatic carbocycles. The second kappa shape index (κ2) is 6.44. The van der Waals surface area contributed by atoms with Crippen LogP contribution in [0.15, 0.2) is 35.3 Å². The molecule has 25 heavy (non-hydrogen) atoms. The summed E-state index contributed by atoms with van der Waals surface area (Å²) in [5.41, 5.74) is 4.61. The van der Waals surface area contributed by atoms with E-state index >= 15 is 0 Å². The van der Waals surface area contributed by atoms with Crippen LogP contribution in [-0.4, -0.2) is 37.8 Å². The molecule has 6 heteroatoms. The van der Waals surface area contributed by atoms with E-state index in [-0.39, 0.29) is 5.69 Å². The van der Waals surface area contributed by atoms with Crippen LogP contribution in [-0.2, 0) is 0 Å². The van der Waals surface area contributed by atoms with Crippen molar-refractivity contribution in [3.63, 3.8) is 0 Å². The first kappa shape index (κ1) is 16.0. The Kier molecular flexibility index (Phi) is 4.13. The van der Waals surface area contributed by atoms with Crippen molar-refractivity contribution in [1.29, 1.82) is 0 Å². The molecule has 4 rings (SSSR count). The Morgan fingerprint density at radius 2 is 1.84 bits per heavy atom. The van der Waals surface area contributed by atoms with Crippen LogP contribution in [0.1, 0.15) is 43.5 Å². The predicted octanol–water partition coefficient (Wildman–Crippen LogP) is 2.94.